The molecule has 1 unspecified atom stereocenters. The van der Waals surface area contributed by atoms with Crippen LogP contribution in [0.1, 0.15) is 11.6 Å². The van der Waals surface area contributed by atoms with Crippen molar-refractivity contribution in [3.63, 3.8) is 0 Å². The van der Waals surface area contributed by atoms with Gasteiger partial charge < -0.3 is 20.8 Å². The van der Waals surface area contributed by atoms with Gasteiger partial charge in [-0.1, -0.05) is 6.07 Å². The average Bonchev–Trinajstić information content (AvgIpc) is 2.11. The lowest BCUT2D eigenvalue weighted by Crippen LogP contribution is -2.27. The molecule has 0 heterocycles. The Morgan fingerprint density at radius 1 is 1.29 bits per heavy atom. The molecule has 0 aliphatic heterocycles. The molecule has 0 saturated carbocycles. The molecule has 4 nitrogen and oxygen atoms in total. The molecule has 0 bridgehead atoms. The Bertz CT molecular complexity index is 313. The number of likely N-dealkylation sites (N-methyl/N-ethyl adjacent to an activating group) is 1. The van der Waals surface area contributed by atoms with Gasteiger partial charge in [0.2, 0.25) is 0 Å². The van der Waals surface area contributed by atoms with E-state index in [4.69, 9.17) is 10.8 Å². The molecule has 4 heteroatoms. The van der Waals surface area contributed by atoms with E-state index in [1.54, 1.807) is 6.07 Å². The van der Waals surface area contributed by atoms with E-state index < -0.39 is 0 Å². The van der Waals surface area contributed by atoms with E-state index >= 15 is 0 Å². The molecule has 0 saturated heterocycles. The summed E-state index contributed by atoms with van der Waals surface area (Å²) in [6, 6.07) is 4.82. The van der Waals surface area contributed by atoms with Crippen molar-refractivity contribution in [3.8, 4) is 11.5 Å². The van der Waals surface area contributed by atoms with Crippen LogP contribution < -0.4 is 5.73 Å². The molecular weight excluding hydrogens is 180 g/mol. The van der Waals surface area contributed by atoms with Gasteiger partial charge in [-0.3, -0.25) is 0 Å². The maximum Gasteiger partial charge on any atom is 0.157 e. The van der Waals surface area contributed by atoms with Crippen LogP contribution >= 0.6 is 0 Å². The van der Waals surface area contributed by atoms with Gasteiger partial charge in [0.15, 0.2) is 11.5 Å². The Labute approximate surface area is 83.6 Å². The van der Waals surface area contributed by atoms with Crippen molar-refractivity contribution < 1.29 is 10.2 Å². The molecule has 1 aromatic carbocycles. The van der Waals surface area contributed by atoms with Crippen molar-refractivity contribution in [2.45, 2.75) is 6.04 Å². The topological polar surface area (TPSA) is 69.7 Å². The van der Waals surface area contributed by atoms with E-state index in [0.717, 1.165) is 5.56 Å². The molecule has 0 aliphatic carbocycles. The van der Waals surface area contributed by atoms with Crippen LogP contribution in [0.4, 0.5) is 0 Å². The SMILES string of the molecule is CN(C)C(CN)c1ccc(O)c(O)c1. The lowest BCUT2D eigenvalue weighted by atomic mass is 10.1. The summed E-state index contributed by atoms with van der Waals surface area (Å²) in [7, 11) is 3.84. The van der Waals surface area contributed by atoms with E-state index in [1.807, 2.05) is 19.0 Å². The molecule has 0 aromatic heterocycles. The second-order valence-electron chi connectivity index (χ2n) is 3.46. The third kappa shape index (κ3) is 2.16. The Morgan fingerprint density at radius 2 is 1.93 bits per heavy atom. The molecular formula is C10H16N2O2. The van der Waals surface area contributed by atoms with Gasteiger partial charge in [-0.05, 0) is 31.8 Å². The minimum atomic E-state index is -0.109. The van der Waals surface area contributed by atoms with Crippen molar-refractivity contribution in [3.05, 3.63) is 23.8 Å². The second kappa shape index (κ2) is 4.30. The molecule has 4 N–H and O–H groups in total. The number of phenolic OH excluding ortho intramolecular Hbond substituents is 2. The fourth-order valence-electron chi connectivity index (χ4n) is 1.39. The van der Waals surface area contributed by atoms with E-state index in [1.165, 1.54) is 12.1 Å². The Morgan fingerprint density at radius 3 is 2.36 bits per heavy atom. The van der Waals surface area contributed by atoms with Gasteiger partial charge >= 0.3 is 0 Å². The second-order valence-corrected chi connectivity index (χ2v) is 3.46. The van der Waals surface area contributed by atoms with Crippen molar-refractivity contribution in [2.24, 2.45) is 5.73 Å². The first-order chi connectivity index (χ1) is 6.56. The fourth-order valence-corrected chi connectivity index (χ4v) is 1.39. The average molecular weight is 196 g/mol. The predicted molar refractivity (Wildman–Crippen MR) is 55.3 cm³/mol. The van der Waals surface area contributed by atoms with E-state index in [9.17, 15) is 5.11 Å². The van der Waals surface area contributed by atoms with Gasteiger partial charge in [0.05, 0.1) is 0 Å². The van der Waals surface area contributed by atoms with E-state index in [0.29, 0.717) is 6.54 Å². The van der Waals surface area contributed by atoms with Gasteiger partial charge in [-0.2, -0.15) is 0 Å². The quantitative estimate of drug-likeness (QED) is 0.621. The van der Waals surface area contributed by atoms with Crippen LogP contribution in [0.25, 0.3) is 0 Å². The van der Waals surface area contributed by atoms with Crippen LogP contribution in [-0.4, -0.2) is 35.8 Å². The molecule has 0 spiro atoms. The number of aromatic hydroxyl groups is 2. The zero-order valence-electron chi connectivity index (χ0n) is 8.44. The Balaban J connectivity index is 3.00. The maximum absolute atomic E-state index is 9.32. The van der Waals surface area contributed by atoms with Gasteiger partial charge in [0.1, 0.15) is 0 Å². The van der Waals surface area contributed by atoms with E-state index in [2.05, 4.69) is 0 Å². The largest absolute Gasteiger partial charge is 0.504 e. The van der Waals surface area contributed by atoms with Crippen LogP contribution in [0.3, 0.4) is 0 Å². The minimum absolute atomic E-state index is 0.0569. The summed E-state index contributed by atoms with van der Waals surface area (Å²) in [5.41, 5.74) is 6.50. The van der Waals surface area contributed by atoms with Gasteiger partial charge in [0, 0.05) is 12.6 Å². The highest BCUT2D eigenvalue weighted by Crippen LogP contribution is 2.28. The standard InChI is InChI=1S/C10H16N2O2/c1-12(2)8(6-11)7-3-4-9(13)10(14)5-7/h3-5,8,13-14H,6,11H2,1-2H3. The van der Waals surface area contributed by atoms with Crippen molar-refractivity contribution in [1.82, 2.24) is 4.90 Å². The van der Waals surface area contributed by atoms with Crippen LogP contribution in [0.5, 0.6) is 11.5 Å². The lowest BCUT2D eigenvalue weighted by Gasteiger charge is -2.23. The third-order valence-electron chi connectivity index (χ3n) is 2.23. The first-order valence-corrected chi connectivity index (χ1v) is 4.44. The molecule has 1 aromatic rings. The summed E-state index contributed by atoms with van der Waals surface area (Å²) in [6.07, 6.45) is 0. The monoisotopic (exact) mass is 196 g/mol. The van der Waals surface area contributed by atoms with Gasteiger partial charge in [0.25, 0.3) is 0 Å². The van der Waals surface area contributed by atoms with Crippen molar-refractivity contribution in [2.75, 3.05) is 20.6 Å². The highest BCUT2D eigenvalue weighted by Gasteiger charge is 2.13. The minimum Gasteiger partial charge on any atom is -0.504 e. The molecule has 0 fully saturated rings. The summed E-state index contributed by atoms with van der Waals surface area (Å²) in [5.74, 6) is -0.217. The zero-order valence-corrected chi connectivity index (χ0v) is 8.44. The summed E-state index contributed by atoms with van der Waals surface area (Å²) in [5, 5.41) is 18.5. The lowest BCUT2D eigenvalue weighted by molar-refractivity contribution is 0.304. The molecule has 0 aliphatic rings. The highest BCUT2D eigenvalue weighted by atomic mass is 16.3. The van der Waals surface area contributed by atoms with Gasteiger partial charge in [-0.25, -0.2) is 0 Å². The summed E-state index contributed by atoms with van der Waals surface area (Å²) in [4.78, 5) is 1.96. The van der Waals surface area contributed by atoms with Gasteiger partial charge in [-0.15, -0.1) is 0 Å². The number of rotatable bonds is 3. The molecule has 1 atom stereocenters. The maximum atomic E-state index is 9.32. The summed E-state index contributed by atoms with van der Waals surface area (Å²) in [6.45, 7) is 0.469. The molecule has 78 valence electrons. The third-order valence-corrected chi connectivity index (χ3v) is 2.23. The normalized spacial score (nSPS) is 13.1. The smallest absolute Gasteiger partial charge is 0.157 e. The van der Waals surface area contributed by atoms with Crippen molar-refractivity contribution in [1.29, 1.82) is 0 Å². The first kappa shape index (κ1) is 10.8. The van der Waals surface area contributed by atoms with Crippen molar-refractivity contribution >= 4 is 0 Å². The molecule has 14 heavy (non-hydrogen) atoms. The number of benzene rings is 1. The Hall–Kier alpha value is -1.26. The number of hydrogen-bond donors (Lipinski definition) is 3. The summed E-state index contributed by atoms with van der Waals surface area (Å²) >= 11 is 0. The van der Waals surface area contributed by atoms with E-state index in [-0.39, 0.29) is 17.5 Å². The van der Waals surface area contributed by atoms with Crippen LogP contribution in [0.2, 0.25) is 0 Å². The number of phenols is 2. The molecule has 0 amide bonds. The number of hydrogen-bond acceptors (Lipinski definition) is 4. The Kier molecular flexibility index (Phi) is 3.33. The van der Waals surface area contributed by atoms with Crippen LogP contribution in [0.15, 0.2) is 18.2 Å². The first-order valence-electron chi connectivity index (χ1n) is 4.44. The predicted octanol–water partition coefficient (Wildman–Crippen LogP) is 0.659. The fraction of sp³-hybridized carbons (Fsp3) is 0.400. The van der Waals surface area contributed by atoms with Crippen LogP contribution in [-0.2, 0) is 0 Å². The molecule has 0 radical (unpaired) electrons. The number of nitrogens with two attached hydrogens (primary N) is 1. The summed E-state index contributed by atoms with van der Waals surface area (Å²) < 4.78 is 0. The highest BCUT2D eigenvalue weighted by molar-refractivity contribution is 5.41. The zero-order chi connectivity index (χ0) is 10.7. The van der Waals surface area contributed by atoms with Crippen LogP contribution in [0, 0.1) is 0 Å². The number of nitrogens with zero attached hydrogens (tertiary/aromatic N) is 1. The molecule has 1 rings (SSSR count).